The molecule has 1 aromatic heterocycles. The smallest absolute Gasteiger partial charge is 0.350 e. The normalized spacial score (nSPS) is 12.4. The molecule has 142 valence electrons. The van der Waals surface area contributed by atoms with Crippen LogP contribution in [0, 0.1) is 0 Å². The van der Waals surface area contributed by atoms with Crippen molar-refractivity contribution >= 4 is 15.9 Å². The molecule has 0 aliphatic carbocycles. The van der Waals surface area contributed by atoms with Gasteiger partial charge in [0.2, 0.25) is 15.9 Å². The van der Waals surface area contributed by atoms with Gasteiger partial charge in [0.25, 0.3) is 0 Å². The van der Waals surface area contributed by atoms with E-state index in [2.05, 4.69) is 10.4 Å². The van der Waals surface area contributed by atoms with Crippen LogP contribution < -0.4 is 5.32 Å². The number of halogens is 3. The van der Waals surface area contributed by atoms with Crippen molar-refractivity contribution in [1.29, 1.82) is 0 Å². The SMILES string of the molecule is CN(C)S(=O)(=O)c1ccccc1CNC(=O)Cn1ccc(C(F)(F)F)n1. The molecule has 26 heavy (non-hydrogen) atoms. The molecule has 0 saturated carbocycles. The Bertz CT molecular complexity index is 892. The number of sulfonamides is 1. The number of rotatable bonds is 6. The molecule has 0 unspecified atom stereocenters. The Morgan fingerprint density at radius 2 is 1.88 bits per heavy atom. The van der Waals surface area contributed by atoms with Gasteiger partial charge in [0, 0.05) is 26.8 Å². The lowest BCUT2D eigenvalue weighted by atomic mass is 10.2. The highest BCUT2D eigenvalue weighted by Gasteiger charge is 2.33. The van der Waals surface area contributed by atoms with E-state index >= 15 is 0 Å². The number of amides is 1. The maximum Gasteiger partial charge on any atom is 0.435 e. The van der Waals surface area contributed by atoms with Gasteiger partial charge in [0.1, 0.15) is 6.54 Å². The lowest BCUT2D eigenvalue weighted by molar-refractivity contribution is -0.141. The number of nitrogens with one attached hydrogen (secondary N) is 1. The Balaban J connectivity index is 2.06. The van der Waals surface area contributed by atoms with Gasteiger partial charge in [-0.25, -0.2) is 12.7 Å². The summed E-state index contributed by atoms with van der Waals surface area (Å²) in [6, 6.07) is 6.92. The Labute approximate surface area is 148 Å². The molecule has 0 saturated heterocycles. The summed E-state index contributed by atoms with van der Waals surface area (Å²) in [5.41, 5.74) is -0.723. The van der Waals surface area contributed by atoms with Gasteiger partial charge in [-0.05, 0) is 17.7 Å². The second kappa shape index (κ2) is 7.46. The van der Waals surface area contributed by atoms with Gasteiger partial charge in [0.15, 0.2) is 5.69 Å². The minimum atomic E-state index is -4.58. The van der Waals surface area contributed by atoms with E-state index in [0.29, 0.717) is 5.56 Å². The second-order valence-corrected chi connectivity index (χ2v) is 7.69. The third kappa shape index (κ3) is 4.61. The standard InChI is InChI=1S/C15H17F3N4O3S/c1-21(2)26(24,25)12-6-4-3-5-11(12)9-19-14(23)10-22-8-7-13(20-22)15(16,17)18/h3-8H,9-10H2,1-2H3,(H,19,23). The van der Waals surface area contributed by atoms with E-state index in [1.807, 2.05) is 0 Å². The van der Waals surface area contributed by atoms with Crippen LogP contribution in [0.15, 0.2) is 41.4 Å². The predicted molar refractivity (Wildman–Crippen MR) is 86.4 cm³/mol. The van der Waals surface area contributed by atoms with Gasteiger partial charge in [-0.15, -0.1) is 0 Å². The van der Waals surface area contributed by atoms with Gasteiger partial charge < -0.3 is 5.32 Å². The first-order chi connectivity index (χ1) is 12.0. The zero-order valence-corrected chi connectivity index (χ0v) is 14.8. The molecule has 2 rings (SSSR count). The van der Waals surface area contributed by atoms with E-state index in [-0.39, 0.29) is 11.4 Å². The topological polar surface area (TPSA) is 84.3 Å². The van der Waals surface area contributed by atoms with Crippen LogP contribution in [0.2, 0.25) is 0 Å². The highest BCUT2D eigenvalue weighted by molar-refractivity contribution is 7.89. The molecule has 2 aromatic rings. The zero-order chi connectivity index (χ0) is 19.5. The quantitative estimate of drug-likeness (QED) is 0.810. The summed E-state index contributed by atoms with van der Waals surface area (Å²) in [5, 5.41) is 5.77. The van der Waals surface area contributed by atoms with E-state index < -0.39 is 34.3 Å². The van der Waals surface area contributed by atoms with Crippen molar-refractivity contribution in [3.05, 3.63) is 47.8 Å². The lowest BCUT2D eigenvalue weighted by Gasteiger charge is -2.15. The summed E-state index contributed by atoms with van der Waals surface area (Å²) < 4.78 is 63.9. The molecule has 1 amide bonds. The summed E-state index contributed by atoms with van der Waals surface area (Å²) in [7, 11) is -0.909. The van der Waals surface area contributed by atoms with Crippen LogP contribution in [-0.4, -0.2) is 42.5 Å². The fraction of sp³-hybridized carbons (Fsp3) is 0.333. The average Bonchev–Trinajstić information content (AvgIpc) is 3.01. The zero-order valence-electron chi connectivity index (χ0n) is 14.0. The van der Waals surface area contributed by atoms with Crippen LogP contribution in [0.1, 0.15) is 11.3 Å². The van der Waals surface area contributed by atoms with E-state index in [1.54, 1.807) is 18.2 Å². The molecule has 0 radical (unpaired) electrons. The molecule has 0 fully saturated rings. The van der Waals surface area contributed by atoms with Crippen LogP contribution in [-0.2, 0) is 34.1 Å². The van der Waals surface area contributed by atoms with Gasteiger partial charge in [-0.3, -0.25) is 9.48 Å². The lowest BCUT2D eigenvalue weighted by Crippen LogP contribution is -2.29. The summed E-state index contributed by atoms with van der Waals surface area (Å²) in [4.78, 5) is 12.0. The molecule has 7 nitrogen and oxygen atoms in total. The minimum absolute atomic E-state index is 0.0451. The van der Waals surface area contributed by atoms with E-state index in [0.717, 1.165) is 21.3 Å². The first-order valence-corrected chi connectivity index (χ1v) is 8.83. The van der Waals surface area contributed by atoms with Crippen LogP contribution in [0.5, 0.6) is 0 Å². The number of nitrogens with zero attached hydrogens (tertiary/aromatic N) is 3. The number of alkyl halides is 3. The van der Waals surface area contributed by atoms with E-state index in [4.69, 9.17) is 0 Å². The van der Waals surface area contributed by atoms with Crippen molar-refractivity contribution in [2.75, 3.05) is 14.1 Å². The third-order valence-electron chi connectivity index (χ3n) is 3.44. The number of hydrogen-bond donors (Lipinski definition) is 1. The fourth-order valence-corrected chi connectivity index (χ4v) is 3.21. The molecule has 11 heteroatoms. The van der Waals surface area contributed by atoms with Crippen molar-refractivity contribution in [3.8, 4) is 0 Å². The van der Waals surface area contributed by atoms with Crippen molar-refractivity contribution in [2.45, 2.75) is 24.2 Å². The number of carbonyl (C=O) groups excluding carboxylic acids is 1. The molecule has 1 aromatic carbocycles. The van der Waals surface area contributed by atoms with Crippen molar-refractivity contribution < 1.29 is 26.4 Å². The number of aromatic nitrogens is 2. The monoisotopic (exact) mass is 390 g/mol. The number of benzene rings is 1. The van der Waals surface area contributed by atoms with Crippen LogP contribution in [0.3, 0.4) is 0 Å². The van der Waals surface area contributed by atoms with Crippen LogP contribution >= 0.6 is 0 Å². The summed E-state index contributed by atoms with van der Waals surface area (Å²) in [6.45, 7) is -0.506. The second-order valence-electron chi connectivity index (χ2n) is 5.57. The van der Waals surface area contributed by atoms with Gasteiger partial charge in [-0.1, -0.05) is 18.2 Å². The summed E-state index contributed by atoms with van der Waals surface area (Å²) >= 11 is 0. The molecule has 1 heterocycles. The van der Waals surface area contributed by atoms with Crippen LogP contribution in [0.4, 0.5) is 13.2 Å². The van der Waals surface area contributed by atoms with Crippen molar-refractivity contribution in [1.82, 2.24) is 19.4 Å². The van der Waals surface area contributed by atoms with Gasteiger partial charge >= 0.3 is 6.18 Å². The fourth-order valence-electron chi connectivity index (χ4n) is 2.10. The molecule has 1 N–H and O–H groups in total. The molecule has 0 bridgehead atoms. The highest BCUT2D eigenvalue weighted by atomic mass is 32.2. The Morgan fingerprint density at radius 3 is 2.46 bits per heavy atom. The summed E-state index contributed by atoms with van der Waals surface area (Å²) in [6.07, 6.45) is -3.53. The minimum Gasteiger partial charge on any atom is -0.350 e. The van der Waals surface area contributed by atoms with Gasteiger partial charge in [0.05, 0.1) is 4.90 Å². The maximum atomic E-state index is 12.5. The highest BCUT2D eigenvalue weighted by Crippen LogP contribution is 2.27. The maximum absolute atomic E-state index is 12.5. The largest absolute Gasteiger partial charge is 0.435 e. The molecule has 0 spiro atoms. The van der Waals surface area contributed by atoms with Crippen molar-refractivity contribution in [2.24, 2.45) is 0 Å². The molecule has 0 atom stereocenters. The van der Waals surface area contributed by atoms with Crippen molar-refractivity contribution in [3.63, 3.8) is 0 Å². The summed E-state index contributed by atoms with van der Waals surface area (Å²) in [5.74, 6) is -0.598. The van der Waals surface area contributed by atoms with Crippen LogP contribution in [0.25, 0.3) is 0 Å². The molecular weight excluding hydrogens is 373 g/mol. The molecule has 0 aliphatic rings. The number of carbonyl (C=O) groups is 1. The first-order valence-electron chi connectivity index (χ1n) is 7.39. The van der Waals surface area contributed by atoms with E-state index in [1.165, 1.54) is 20.2 Å². The molecule has 0 aliphatic heterocycles. The Kier molecular flexibility index (Phi) is 5.71. The van der Waals surface area contributed by atoms with Gasteiger partial charge in [-0.2, -0.15) is 18.3 Å². The average molecular weight is 390 g/mol. The third-order valence-corrected chi connectivity index (χ3v) is 5.36. The molecular formula is C15H17F3N4O3S. The number of hydrogen-bond acceptors (Lipinski definition) is 4. The van der Waals surface area contributed by atoms with E-state index in [9.17, 15) is 26.4 Å². The Morgan fingerprint density at radius 1 is 1.23 bits per heavy atom. The predicted octanol–water partition coefficient (Wildman–Crippen LogP) is 1.47. The Hall–Kier alpha value is -2.40. The first kappa shape index (κ1) is 19.9.